The van der Waals surface area contributed by atoms with Crippen LogP contribution in [0.5, 0.6) is 0 Å². The number of nitrogens with zero attached hydrogens (tertiary/aromatic N) is 2. The lowest BCUT2D eigenvalue weighted by molar-refractivity contribution is -0.119. The second kappa shape index (κ2) is 8.94. The summed E-state index contributed by atoms with van der Waals surface area (Å²) in [6.07, 6.45) is 0.797. The highest BCUT2D eigenvalue weighted by Gasteiger charge is 2.40. The molecule has 0 aromatic heterocycles. The average molecular weight is 409 g/mol. The molecule has 0 radical (unpaired) electrons. The van der Waals surface area contributed by atoms with Crippen molar-refractivity contribution in [3.63, 3.8) is 0 Å². The highest BCUT2D eigenvalue weighted by Crippen LogP contribution is 2.23. The smallest absolute Gasteiger partial charge is 0.227 e. The molecular weight excluding hydrogens is 376 g/mol. The number of guanidine groups is 1. The van der Waals surface area contributed by atoms with Gasteiger partial charge in [-0.15, -0.1) is 0 Å². The van der Waals surface area contributed by atoms with Crippen LogP contribution in [0, 0.1) is 5.92 Å². The molecule has 1 aromatic rings. The first-order chi connectivity index (χ1) is 13.1. The zero-order valence-electron chi connectivity index (χ0n) is 17.4. The molecule has 1 amide bonds. The van der Waals surface area contributed by atoms with Crippen molar-refractivity contribution in [3.8, 4) is 0 Å². The van der Waals surface area contributed by atoms with Crippen LogP contribution in [0.3, 0.4) is 0 Å². The van der Waals surface area contributed by atoms with Crippen molar-refractivity contribution in [2.75, 3.05) is 31.2 Å². The van der Waals surface area contributed by atoms with Crippen molar-refractivity contribution in [2.24, 2.45) is 10.9 Å². The Hall–Kier alpha value is -2.09. The van der Waals surface area contributed by atoms with Crippen LogP contribution in [0.25, 0.3) is 0 Å². The number of rotatable bonds is 5. The molecule has 2 N–H and O–H groups in total. The second-order valence-electron chi connectivity index (χ2n) is 7.90. The van der Waals surface area contributed by atoms with Crippen molar-refractivity contribution in [3.05, 3.63) is 29.8 Å². The highest BCUT2D eigenvalue weighted by atomic mass is 32.2. The molecule has 1 unspecified atom stereocenters. The molecular formula is C20H32N4O3S. The Morgan fingerprint density at radius 2 is 2.07 bits per heavy atom. The first-order valence-corrected chi connectivity index (χ1v) is 11.3. The third-order valence-corrected chi connectivity index (χ3v) is 7.79. The summed E-state index contributed by atoms with van der Waals surface area (Å²) in [5.74, 6) is 0.786. The third-order valence-electron chi connectivity index (χ3n) is 5.26. The van der Waals surface area contributed by atoms with Crippen molar-refractivity contribution in [1.82, 2.24) is 10.2 Å². The van der Waals surface area contributed by atoms with E-state index in [0.717, 1.165) is 17.7 Å². The summed E-state index contributed by atoms with van der Waals surface area (Å²) in [6, 6.07) is 7.69. The highest BCUT2D eigenvalue weighted by molar-refractivity contribution is 7.92. The monoisotopic (exact) mass is 408 g/mol. The van der Waals surface area contributed by atoms with Gasteiger partial charge in [0, 0.05) is 38.3 Å². The van der Waals surface area contributed by atoms with Crippen LogP contribution in [0.15, 0.2) is 29.3 Å². The second-order valence-corrected chi connectivity index (χ2v) is 10.6. The number of benzene rings is 1. The van der Waals surface area contributed by atoms with Gasteiger partial charge in [-0.25, -0.2) is 8.42 Å². The molecule has 8 heteroatoms. The van der Waals surface area contributed by atoms with E-state index in [4.69, 9.17) is 0 Å². The van der Waals surface area contributed by atoms with Crippen molar-refractivity contribution >= 4 is 27.4 Å². The summed E-state index contributed by atoms with van der Waals surface area (Å²) in [5.41, 5.74) is 1.77. The van der Waals surface area contributed by atoms with Gasteiger partial charge in [-0.3, -0.25) is 9.79 Å². The van der Waals surface area contributed by atoms with E-state index in [1.165, 1.54) is 0 Å². The van der Waals surface area contributed by atoms with Gasteiger partial charge in [0.05, 0.1) is 10.5 Å². The van der Waals surface area contributed by atoms with E-state index in [0.29, 0.717) is 25.6 Å². The minimum absolute atomic E-state index is 0.0141. The molecule has 0 bridgehead atoms. The molecule has 1 aliphatic rings. The molecule has 1 saturated heterocycles. The summed E-state index contributed by atoms with van der Waals surface area (Å²) in [6.45, 7) is 8.77. The third kappa shape index (κ3) is 5.25. The fourth-order valence-corrected chi connectivity index (χ4v) is 4.41. The molecule has 7 nitrogen and oxygen atoms in total. The molecule has 0 aliphatic carbocycles. The minimum atomic E-state index is -3.09. The van der Waals surface area contributed by atoms with Crippen LogP contribution in [-0.4, -0.2) is 55.8 Å². The number of hydrogen-bond donors (Lipinski definition) is 2. The summed E-state index contributed by atoms with van der Waals surface area (Å²) in [7, 11) is -1.40. The van der Waals surface area contributed by atoms with Gasteiger partial charge in [0.25, 0.3) is 0 Å². The SMILES string of the molecule is CCC(C)C(=O)Nc1cccc(CNC(=NC)N2CCS(=O)(=O)C(C)(C)C2)c1. The van der Waals surface area contributed by atoms with E-state index in [-0.39, 0.29) is 17.6 Å². The quantitative estimate of drug-likeness (QED) is 0.576. The molecule has 0 spiro atoms. The number of carbonyl (C=O) groups is 1. The maximum atomic E-state index is 12.2. The molecule has 1 heterocycles. The molecule has 1 fully saturated rings. The van der Waals surface area contributed by atoms with Crippen LogP contribution in [-0.2, 0) is 21.2 Å². The van der Waals surface area contributed by atoms with Gasteiger partial charge in [-0.05, 0) is 38.0 Å². The van der Waals surface area contributed by atoms with Gasteiger partial charge >= 0.3 is 0 Å². The number of anilines is 1. The molecule has 156 valence electrons. The zero-order chi connectivity index (χ0) is 20.9. The van der Waals surface area contributed by atoms with Gasteiger partial charge in [-0.2, -0.15) is 0 Å². The fourth-order valence-electron chi connectivity index (χ4n) is 3.05. The topological polar surface area (TPSA) is 90.9 Å². The van der Waals surface area contributed by atoms with Gasteiger partial charge in [0.2, 0.25) is 5.91 Å². The van der Waals surface area contributed by atoms with E-state index in [9.17, 15) is 13.2 Å². The number of hydrogen-bond acceptors (Lipinski definition) is 4. The van der Waals surface area contributed by atoms with Crippen LogP contribution in [0.4, 0.5) is 5.69 Å². The Bertz CT molecular complexity index is 834. The summed E-state index contributed by atoms with van der Waals surface area (Å²) < 4.78 is 23.6. The fraction of sp³-hybridized carbons (Fsp3) is 0.600. The van der Waals surface area contributed by atoms with E-state index in [1.807, 2.05) is 43.0 Å². The predicted molar refractivity (Wildman–Crippen MR) is 114 cm³/mol. The lowest BCUT2D eigenvalue weighted by Gasteiger charge is -2.39. The standard InChI is InChI=1S/C20H32N4O3S/c1-6-15(2)18(25)23-17-9-7-8-16(12-17)13-22-19(21-5)24-10-11-28(26,27)20(3,4)14-24/h7-9,12,15H,6,10-11,13-14H2,1-5H3,(H,21,22)(H,23,25). The number of carbonyl (C=O) groups excluding carboxylic acids is 1. The maximum Gasteiger partial charge on any atom is 0.227 e. The van der Waals surface area contributed by atoms with E-state index < -0.39 is 14.6 Å². The van der Waals surface area contributed by atoms with Crippen LogP contribution < -0.4 is 10.6 Å². The van der Waals surface area contributed by atoms with E-state index in [2.05, 4.69) is 15.6 Å². The normalized spacial score (nSPS) is 19.8. The van der Waals surface area contributed by atoms with Gasteiger partial charge in [-0.1, -0.05) is 26.0 Å². The molecule has 2 rings (SSSR count). The number of nitrogens with one attached hydrogen (secondary N) is 2. The largest absolute Gasteiger partial charge is 0.352 e. The maximum absolute atomic E-state index is 12.2. The van der Waals surface area contributed by atoms with Crippen molar-refractivity contribution in [1.29, 1.82) is 0 Å². The number of sulfone groups is 1. The van der Waals surface area contributed by atoms with Crippen LogP contribution >= 0.6 is 0 Å². The predicted octanol–water partition coefficient (Wildman–Crippen LogP) is 2.26. The Morgan fingerprint density at radius 1 is 1.36 bits per heavy atom. The first kappa shape index (κ1) is 22.2. The molecule has 28 heavy (non-hydrogen) atoms. The van der Waals surface area contributed by atoms with Gasteiger partial charge < -0.3 is 15.5 Å². The molecule has 1 aromatic carbocycles. The van der Waals surface area contributed by atoms with Crippen molar-refractivity contribution < 1.29 is 13.2 Å². The number of amides is 1. The Balaban J connectivity index is 2.01. The van der Waals surface area contributed by atoms with Crippen LogP contribution in [0.1, 0.15) is 39.7 Å². The summed E-state index contributed by atoms with van der Waals surface area (Å²) in [5, 5.41) is 6.25. The van der Waals surface area contributed by atoms with Crippen molar-refractivity contribution in [2.45, 2.75) is 45.4 Å². The van der Waals surface area contributed by atoms with Crippen LogP contribution in [0.2, 0.25) is 0 Å². The first-order valence-electron chi connectivity index (χ1n) is 9.67. The number of aliphatic imine (C=N–C) groups is 1. The summed E-state index contributed by atoms with van der Waals surface area (Å²) >= 11 is 0. The van der Waals surface area contributed by atoms with E-state index >= 15 is 0 Å². The lowest BCUT2D eigenvalue weighted by atomic mass is 10.1. The van der Waals surface area contributed by atoms with Gasteiger partial charge in [0.1, 0.15) is 0 Å². The Kier molecular flexibility index (Phi) is 7.09. The average Bonchev–Trinajstić information content (AvgIpc) is 2.64. The molecule has 1 atom stereocenters. The minimum Gasteiger partial charge on any atom is -0.352 e. The van der Waals surface area contributed by atoms with Gasteiger partial charge in [0.15, 0.2) is 15.8 Å². The summed E-state index contributed by atoms with van der Waals surface area (Å²) in [4.78, 5) is 18.4. The zero-order valence-corrected chi connectivity index (χ0v) is 18.3. The Labute approximate surface area is 168 Å². The van der Waals surface area contributed by atoms with E-state index in [1.54, 1.807) is 20.9 Å². The molecule has 1 aliphatic heterocycles. The Morgan fingerprint density at radius 3 is 2.68 bits per heavy atom. The molecule has 0 saturated carbocycles. The lowest BCUT2D eigenvalue weighted by Crippen LogP contribution is -2.57.